The first-order valence-corrected chi connectivity index (χ1v) is 11.5. The number of rotatable bonds is 3. The van der Waals surface area contributed by atoms with Gasteiger partial charge in [-0.05, 0) is 61.7 Å². The van der Waals surface area contributed by atoms with Crippen molar-refractivity contribution in [3.63, 3.8) is 0 Å². The number of hydrogen-bond acceptors (Lipinski definition) is 4. The summed E-state index contributed by atoms with van der Waals surface area (Å²) in [5.41, 5.74) is 2.21. The van der Waals surface area contributed by atoms with Gasteiger partial charge in [-0.25, -0.2) is 4.39 Å². The van der Waals surface area contributed by atoms with Crippen molar-refractivity contribution in [1.29, 1.82) is 0 Å². The van der Waals surface area contributed by atoms with E-state index in [1.807, 2.05) is 4.90 Å². The average Bonchev–Trinajstić information content (AvgIpc) is 3.67. The van der Waals surface area contributed by atoms with Crippen LogP contribution in [0.2, 0.25) is 0 Å². The van der Waals surface area contributed by atoms with Gasteiger partial charge in [0.2, 0.25) is 11.8 Å². The number of carbonyl (C=O) groups is 3. The van der Waals surface area contributed by atoms with E-state index < -0.39 is 6.04 Å². The maximum Gasteiger partial charge on any atom is 0.253 e. The summed E-state index contributed by atoms with van der Waals surface area (Å²) in [5, 5.41) is 6.19. The van der Waals surface area contributed by atoms with Gasteiger partial charge >= 0.3 is 0 Å². The molecule has 2 N–H and O–H groups in total. The molecule has 1 saturated carbocycles. The summed E-state index contributed by atoms with van der Waals surface area (Å²) in [5.74, 6) is -0.820. The van der Waals surface area contributed by atoms with Gasteiger partial charge in [-0.2, -0.15) is 0 Å². The lowest BCUT2D eigenvalue weighted by Gasteiger charge is -2.31. The molecule has 5 rings (SSSR count). The predicted molar refractivity (Wildman–Crippen MR) is 122 cm³/mol. The molecule has 1 saturated heterocycles. The van der Waals surface area contributed by atoms with Crippen LogP contribution in [0.15, 0.2) is 42.5 Å². The Morgan fingerprint density at radius 2 is 1.79 bits per heavy atom. The molecule has 1 aliphatic carbocycles. The van der Waals surface area contributed by atoms with Crippen LogP contribution in [0, 0.1) is 11.7 Å². The molecule has 33 heavy (non-hydrogen) atoms. The molecule has 7 nitrogen and oxygen atoms in total. The minimum Gasteiger partial charge on any atom is -0.337 e. The second-order valence-corrected chi connectivity index (χ2v) is 8.93. The van der Waals surface area contributed by atoms with Crippen molar-refractivity contribution < 1.29 is 18.8 Å². The average molecular weight is 451 g/mol. The van der Waals surface area contributed by atoms with Crippen LogP contribution in [0.4, 0.5) is 15.8 Å². The molecule has 2 fully saturated rings. The van der Waals surface area contributed by atoms with Crippen molar-refractivity contribution in [2.24, 2.45) is 5.92 Å². The van der Waals surface area contributed by atoms with Crippen molar-refractivity contribution in [1.82, 2.24) is 10.2 Å². The van der Waals surface area contributed by atoms with Gasteiger partial charge in [-0.3, -0.25) is 14.4 Å². The summed E-state index contributed by atoms with van der Waals surface area (Å²) < 4.78 is 13.5. The monoisotopic (exact) mass is 450 g/mol. The highest BCUT2D eigenvalue weighted by Crippen LogP contribution is 2.43. The molecule has 1 atom stereocenters. The lowest BCUT2D eigenvalue weighted by molar-refractivity contribution is -0.120. The van der Waals surface area contributed by atoms with Gasteiger partial charge in [-0.15, -0.1) is 0 Å². The zero-order valence-electron chi connectivity index (χ0n) is 18.4. The quantitative estimate of drug-likeness (QED) is 0.753. The smallest absolute Gasteiger partial charge is 0.253 e. The van der Waals surface area contributed by atoms with Gasteiger partial charge in [0, 0.05) is 31.1 Å². The van der Waals surface area contributed by atoms with E-state index in [2.05, 4.69) is 10.6 Å². The van der Waals surface area contributed by atoms with Gasteiger partial charge in [-0.1, -0.05) is 12.1 Å². The first kappa shape index (κ1) is 21.6. The number of anilines is 2. The molecular weight excluding hydrogens is 423 g/mol. The fraction of sp³-hybridized carbons (Fsp3) is 0.400. The molecule has 3 aliphatic rings. The molecular formula is C25H27FN4O3. The number of nitrogens with zero attached hydrogens (tertiary/aromatic N) is 2. The first-order valence-electron chi connectivity index (χ1n) is 11.5. The minimum atomic E-state index is -0.543. The Kier molecular flexibility index (Phi) is 5.85. The lowest BCUT2D eigenvalue weighted by atomic mass is 10.00. The number of hydrogen-bond donors (Lipinski definition) is 2. The highest BCUT2D eigenvalue weighted by Gasteiger charge is 2.40. The van der Waals surface area contributed by atoms with E-state index in [0.717, 1.165) is 32.4 Å². The van der Waals surface area contributed by atoms with Gasteiger partial charge in [0.1, 0.15) is 5.82 Å². The summed E-state index contributed by atoms with van der Waals surface area (Å²) in [6.07, 6.45) is 2.58. The molecule has 2 heterocycles. The Hall–Kier alpha value is -3.26. The fourth-order valence-corrected chi connectivity index (χ4v) is 4.60. The summed E-state index contributed by atoms with van der Waals surface area (Å²) >= 11 is 0. The van der Waals surface area contributed by atoms with Crippen LogP contribution >= 0.6 is 0 Å². The van der Waals surface area contributed by atoms with Crippen molar-refractivity contribution in [2.45, 2.75) is 31.7 Å². The number of halogens is 1. The van der Waals surface area contributed by atoms with Gasteiger partial charge in [0.05, 0.1) is 23.8 Å². The maximum atomic E-state index is 13.5. The van der Waals surface area contributed by atoms with E-state index in [1.165, 1.54) is 12.1 Å². The van der Waals surface area contributed by atoms with Crippen LogP contribution in [0.25, 0.3) is 0 Å². The van der Waals surface area contributed by atoms with E-state index in [1.54, 1.807) is 35.2 Å². The zero-order valence-corrected chi connectivity index (χ0v) is 18.4. The molecule has 0 aromatic heterocycles. The molecule has 2 aliphatic heterocycles. The highest BCUT2D eigenvalue weighted by molar-refractivity contribution is 6.07. The highest BCUT2D eigenvalue weighted by atomic mass is 19.1. The van der Waals surface area contributed by atoms with Gasteiger partial charge in [0.25, 0.3) is 5.91 Å². The third-order valence-electron chi connectivity index (χ3n) is 6.51. The van der Waals surface area contributed by atoms with Crippen LogP contribution in [0.3, 0.4) is 0 Å². The van der Waals surface area contributed by atoms with Crippen LogP contribution < -0.4 is 15.5 Å². The Morgan fingerprint density at radius 1 is 1.00 bits per heavy atom. The van der Waals surface area contributed by atoms with Crippen molar-refractivity contribution >= 4 is 29.1 Å². The number of nitrogens with one attached hydrogen (secondary N) is 2. The molecule has 0 radical (unpaired) electrons. The normalized spacial score (nSPS) is 21.0. The van der Waals surface area contributed by atoms with Gasteiger partial charge < -0.3 is 20.4 Å². The number of carbonyl (C=O) groups excluding carboxylic acids is 3. The van der Waals surface area contributed by atoms with E-state index >= 15 is 0 Å². The fourth-order valence-electron chi connectivity index (χ4n) is 4.60. The molecule has 0 bridgehead atoms. The number of benzene rings is 2. The van der Waals surface area contributed by atoms with Crippen LogP contribution in [0.5, 0.6) is 0 Å². The molecule has 8 heteroatoms. The minimum absolute atomic E-state index is 0.0419. The van der Waals surface area contributed by atoms with Crippen molar-refractivity contribution in [2.75, 3.05) is 36.4 Å². The third kappa shape index (κ3) is 4.48. The summed E-state index contributed by atoms with van der Waals surface area (Å²) in [6, 6.07) is 10.5. The molecule has 2 aromatic rings. The van der Waals surface area contributed by atoms with Crippen LogP contribution in [-0.2, 0) is 9.59 Å². The van der Waals surface area contributed by atoms with Crippen LogP contribution in [-0.4, -0.2) is 48.8 Å². The molecule has 2 aromatic carbocycles. The third-order valence-corrected chi connectivity index (χ3v) is 6.51. The molecule has 172 valence electrons. The maximum absolute atomic E-state index is 13.5. The number of fused-ring (bicyclic) bond motifs is 1. The second-order valence-electron chi connectivity index (χ2n) is 8.93. The van der Waals surface area contributed by atoms with E-state index in [9.17, 15) is 18.8 Å². The van der Waals surface area contributed by atoms with E-state index in [0.29, 0.717) is 35.6 Å². The topological polar surface area (TPSA) is 81.8 Å². The van der Waals surface area contributed by atoms with Crippen LogP contribution in [0.1, 0.15) is 47.6 Å². The molecule has 0 spiro atoms. The van der Waals surface area contributed by atoms with Gasteiger partial charge in [0.15, 0.2) is 0 Å². The second kappa shape index (κ2) is 8.94. The van der Waals surface area contributed by atoms with E-state index in [-0.39, 0.29) is 35.9 Å². The number of amides is 3. The first-order chi connectivity index (χ1) is 16.0. The Balaban J connectivity index is 1.53. The van der Waals surface area contributed by atoms with Crippen molar-refractivity contribution in [3.8, 4) is 0 Å². The Morgan fingerprint density at radius 3 is 2.55 bits per heavy atom. The standard InChI is InChI=1S/C25H27FN4O3/c26-19-7-4-16(5-8-19)22-15-23(31)28-20-14-18(24(32)29-12-1-10-27-11-13-29)6-9-21(20)30(22)25(33)17-2-3-17/h4-9,14,17,22,27H,1-3,10-13,15H2,(H,28,31). The zero-order chi connectivity index (χ0) is 22.9. The molecule has 3 amide bonds. The lowest BCUT2D eigenvalue weighted by Crippen LogP contribution is -2.36. The van der Waals surface area contributed by atoms with E-state index in [4.69, 9.17) is 0 Å². The summed E-state index contributed by atoms with van der Waals surface area (Å²) in [7, 11) is 0. The Labute approximate surface area is 191 Å². The Bertz CT molecular complexity index is 1080. The van der Waals surface area contributed by atoms with Crippen molar-refractivity contribution in [3.05, 3.63) is 59.4 Å². The summed E-state index contributed by atoms with van der Waals surface area (Å²) in [6.45, 7) is 2.93. The molecule has 1 unspecified atom stereocenters. The predicted octanol–water partition coefficient (Wildman–Crippen LogP) is 3.09. The largest absolute Gasteiger partial charge is 0.337 e. The SMILES string of the molecule is O=C1CC(c2ccc(F)cc2)N(C(=O)C2CC2)c2ccc(C(=O)N3CCCNCC3)cc2N1. The summed E-state index contributed by atoms with van der Waals surface area (Å²) in [4.78, 5) is 42.8.